The average Bonchev–Trinajstić information content (AvgIpc) is 2.48. The molecule has 0 saturated carbocycles. The first kappa shape index (κ1) is 16.5. The van der Waals surface area contributed by atoms with Gasteiger partial charge in [0.25, 0.3) is 0 Å². The van der Waals surface area contributed by atoms with Gasteiger partial charge in [0.1, 0.15) is 11.4 Å². The molecular formula is C18H20ClN3O2. The van der Waals surface area contributed by atoms with Gasteiger partial charge in [-0.05, 0) is 50.2 Å². The summed E-state index contributed by atoms with van der Waals surface area (Å²) in [6.07, 6.45) is 0. The molecular weight excluding hydrogens is 326 g/mol. The molecule has 1 heterocycles. The molecule has 0 atom stereocenters. The summed E-state index contributed by atoms with van der Waals surface area (Å²) in [5.74, 6) is 0.600. The number of nitrogens with one attached hydrogen (secondary N) is 1. The molecule has 6 heteroatoms. The Morgan fingerprint density at radius 3 is 2.71 bits per heavy atom. The fraction of sp³-hybridized carbons (Fsp3) is 0.278. The van der Waals surface area contributed by atoms with Crippen LogP contribution in [0.1, 0.15) is 13.8 Å². The number of hydrogen-bond acceptors (Lipinski definition) is 4. The lowest BCUT2D eigenvalue weighted by Gasteiger charge is -2.40. The fourth-order valence-electron chi connectivity index (χ4n) is 2.80. The van der Waals surface area contributed by atoms with Gasteiger partial charge in [-0.15, -0.1) is 0 Å². The summed E-state index contributed by atoms with van der Waals surface area (Å²) in [5, 5.41) is 3.51. The number of amides is 1. The van der Waals surface area contributed by atoms with Gasteiger partial charge in [-0.3, -0.25) is 4.79 Å². The monoisotopic (exact) mass is 345 g/mol. The largest absolute Gasteiger partial charge is 0.484 e. The van der Waals surface area contributed by atoms with Gasteiger partial charge in [-0.25, -0.2) is 0 Å². The van der Waals surface area contributed by atoms with Crippen LogP contribution in [0, 0.1) is 0 Å². The van der Waals surface area contributed by atoms with Crippen molar-refractivity contribution in [2.45, 2.75) is 19.4 Å². The third-order valence-electron chi connectivity index (χ3n) is 3.74. The SMILES string of the molecule is CC1(C)CN(CC(=O)Nc2ccc(Cl)cc2)c2ccc(N)cc2O1. The van der Waals surface area contributed by atoms with Crippen molar-refractivity contribution in [3.63, 3.8) is 0 Å². The van der Waals surface area contributed by atoms with Crippen LogP contribution in [0.25, 0.3) is 0 Å². The van der Waals surface area contributed by atoms with E-state index >= 15 is 0 Å². The maximum atomic E-state index is 12.4. The van der Waals surface area contributed by atoms with Gasteiger partial charge in [0, 0.05) is 22.5 Å². The van der Waals surface area contributed by atoms with Crippen molar-refractivity contribution in [3.05, 3.63) is 47.5 Å². The first-order valence-electron chi connectivity index (χ1n) is 7.71. The van der Waals surface area contributed by atoms with Gasteiger partial charge < -0.3 is 20.7 Å². The van der Waals surface area contributed by atoms with Crippen molar-refractivity contribution in [3.8, 4) is 5.75 Å². The predicted molar refractivity (Wildman–Crippen MR) is 97.9 cm³/mol. The van der Waals surface area contributed by atoms with Crippen molar-refractivity contribution in [2.24, 2.45) is 0 Å². The molecule has 0 radical (unpaired) electrons. The Bertz CT molecular complexity index is 759. The lowest BCUT2D eigenvalue weighted by molar-refractivity contribution is -0.115. The van der Waals surface area contributed by atoms with E-state index in [9.17, 15) is 4.79 Å². The highest BCUT2D eigenvalue weighted by atomic mass is 35.5. The number of anilines is 3. The lowest BCUT2D eigenvalue weighted by atomic mass is 10.0. The van der Waals surface area contributed by atoms with Crippen molar-refractivity contribution in [1.82, 2.24) is 0 Å². The minimum atomic E-state index is -0.401. The van der Waals surface area contributed by atoms with E-state index in [1.807, 2.05) is 30.9 Å². The third kappa shape index (κ3) is 3.74. The number of benzene rings is 2. The molecule has 126 valence electrons. The zero-order chi connectivity index (χ0) is 17.3. The van der Waals surface area contributed by atoms with Crippen LogP contribution in [0.5, 0.6) is 5.75 Å². The number of fused-ring (bicyclic) bond motifs is 1. The number of carbonyl (C=O) groups excluding carboxylic acids is 1. The van der Waals surface area contributed by atoms with E-state index in [1.54, 1.807) is 30.3 Å². The molecule has 0 fully saturated rings. The minimum absolute atomic E-state index is 0.0993. The standard InChI is InChI=1S/C18H20ClN3O2/c1-18(2)11-22(15-8-5-13(20)9-16(15)24-18)10-17(23)21-14-6-3-12(19)4-7-14/h3-9H,10-11,20H2,1-2H3,(H,21,23). The zero-order valence-electron chi connectivity index (χ0n) is 13.7. The summed E-state index contributed by atoms with van der Waals surface area (Å²) in [6.45, 7) is 4.82. The smallest absolute Gasteiger partial charge is 0.243 e. The van der Waals surface area contributed by atoms with E-state index in [1.165, 1.54) is 0 Å². The first-order valence-corrected chi connectivity index (χ1v) is 8.09. The number of hydrogen-bond donors (Lipinski definition) is 2. The Kier molecular flexibility index (Phi) is 4.28. The van der Waals surface area contributed by atoms with Crippen molar-refractivity contribution >= 4 is 34.6 Å². The molecule has 0 bridgehead atoms. The Balaban J connectivity index is 1.76. The van der Waals surface area contributed by atoms with Crippen LogP contribution >= 0.6 is 11.6 Å². The van der Waals surface area contributed by atoms with E-state index in [0.29, 0.717) is 23.0 Å². The number of nitrogen functional groups attached to an aromatic ring is 1. The van der Waals surface area contributed by atoms with Crippen LogP contribution in [-0.2, 0) is 4.79 Å². The molecule has 2 aromatic rings. The second kappa shape index (κ2) is 6.24. The Hall–Kier alpha value is -2.40. The summed E-state index contributed by atoms with van der Waals surface area (Å²) in [5.41, 5.74) is 7.66. The highest BCUT2D eigenvalue weighted by Crippen LogP contribution is 2.38. The Morgan fingerprint density at radius 2 is 2.00 bits per heavy atom. The van der Waals surface area contributed by atoms with Crippen LogP contribution in [0.2, 0.25) is 5.02 Å². The average molecular weight is 346 g/mol. The number of nitrogens with zero attached hydrogens (tertiary/aromatic N) is 1. The number of carbonyl (C=O) groups is 1. The number of rotatable bonds is 3. The van der Waals surface area contributed by atoms with E-state index in [4.69, 9.17) is 22.1 Å². The Labute approximate surface area is 146 Å². The van der Waals surface area contributed by atoms with Gasteiger partial charge in [0.2, 0.25) is 5.91 Å². The second-order valence-corrected chi connectivity index (χ2v) is 6.94. The molecule has 0 aliphatic carbocycles. The Morgan fingerprint density at radius 1 is 1.29 bits per heavy atom. The summed E-state index contributed by atoms with van der Waals surface area (Å²) in [7, 11) is 0. The van der Waals surface area contributed by atoms with Crippen molar-refractivity contribution in [2.75, 3.05) is 29.0 Å². The van der Waals surface area contributed by atoms with E-state index in [-0.39, 0.29) is 12.5 Å². The van der Waals surface area contributed by atoms with Gasteiger partial charge in [-0.1, -0.05) is 11.6 Å². The second-order valence-electron chi connectivity index (χ2n) is 6.50. The molecule has 1 aliphatic rings. The molecule has 1 amide bonds. The quantitative estimate of drug-likeness (QED) is 0.835. The van der Waals surface area contributed by atoms with Crippen molar-refractivity contribution < 1.29 is 9.53 Å². The third-order valence-corrected chi connectivity index (χ3v) is 4.00. The highest BCUT2D eigenvalue weighted by Gasteiger charge is 2.32. The molecule has 3 rings (SSSR count). The maximum absolute atomic E-state index is 12.4. The van der Waals surface area contributed by atoms with Gasteiger partial charge >= 0.3 is 0 Å². The molecule has 5 nitrogen and oxygen atoms in total. The molecule has 0 saturated heterocycles. The number of ether oxygens (including phenoxy) is 1. The lowest BCUT2D eigenvalue weighted by Crippen LogP contribution is -2.49. The van der Waals surface area contributed by atoms with Crippen LogP contribution in [-0.4, -0.2) is 24.6 Å². The molecule has 0 spiro atoms. The van der Waals surface area contributed by atoms with Crippen molar-refractivity contribution in [1.29, 1.82) is 0 Å². The fourth-order valence-corrected chi connectivity index (χ4v) is 2.92. The summed E-state index contributed by atoms with van der Waals surface area (Å²) in [6, 6.07) is 12.5. The minimum Gasteiger partial charge on any atom is -0.484 e. The van der Waals surface area contributed by atoms with Crippen LogP contribution in [0.3, 0.4) is 0 Å². The zero-order valence-corrected chi connectivity index (χ0v) is 14.4. The van der Waals surface area contributed by atoms with E-state index in [0.717, 1.165) is 11.4 Å². The molecule has 24 heavy (non-hydrogen) atoms. The molecule has 1 aliphatic heterocycles. The van der Waals surface area contributed by atoms with Gasteiger partial charge in [0.15, 0.2) is 0 Å². The number of nitrogens with two attached hydrogens (primary N) is 1. The first-order chi connectivity index (χ1) is 11.3. The van der Waals surface area contributed by atoms with Gasteiger partial charge in [-0.2, -0.15) is 0 Å². The van der Waals surface area contributed by atoms with E-state index in [2.05, 4.69) is 5.32 Å². The predicted octanol–water partition coefficient (Wildman–Crippen LogP) is 3.54. The number of halogens is 1. The molecule has 0 unspecified atom stereocenters. The van der Waals surface area contributed by atoms with E-state index < -0.39 is 5.60 Å². The summed E-state index contributed by atoms with van der Waals surface area (Å²) in [4.78, 5) is 14.4. The van der Waals surface area contributed by atoms with Gasteiger partial charge in [0.05, 0.1) is 18.8 Å². The van der Waals surface area contributed by atoms with Crippen LogP contribution in [0.15, 0.2) is 42.5 Å². The normalized spacial score (nSPS) is 15.4. The summed E-state index contributed by atoms with van der Waals surface area (Å²) < 4.78 is 5.98. The maximum Gasteiger partial charge on any atom is 0.243 e. The van der Waals surface area contributed by atoms with Crippen LogP contribution < -0.4 is 20.7 Å². The van der Waals surface area contributed by atoms with Crippen LogP contribution in [0.4, 0.5) is 17.1 Å². The summed E-state index contributed by atoms with van der Waals surface area (Å²) >= 11 is 5.86. The molecule has 2 aromatic carbocycles. The highest BCUT2D eigenvalue weighted by molar-refractivity contribution is 6.30. The molecule has 0 aromatic heterocycles. The molecule has 3 N–H and O–H groups in total. The topological polar surface area (TPSA) is 67.6 Å².